The molecule has 1 aliphatic carbocycles. The van der Waals surface area contributed by atoms with Crippen LogP contribution in [0.2, 0.25) is 0 Å². The van der Waals surface area contributed by atoms with Gasteiger partial charge in [-0.3, -0.25) is 0 Å². The standard InChI is InChI=1S/C12H18/c1-4-7-11-9-6-8-10(3)12(11)5-2/h5,7-8H,4,6,9H2,1-3H3/b11-7-,12-5-. The molecule has 0 aromatic heterocycles. The number of hydrogen-bond acceptors (Lipinski definition) is 0. The number of allylic oxidation sites excluding steroid dienone is 6. The van der Waals surface area contributed by atoms with E-state index < -0.39 is 0 Å². The molecule has 0 saturated heterocycles. The van der Waals surface area contributed by atoms with Crippen LogP contribution in [0.1, 0.15) is 40.0 Å². The summed E-state index contributed by atoms with van der Waals surface area (Å²) < 4.78 is 0. The second-order valence-corrected chi connectivity index (χ2v) is 3.27. The normalized spacial score (nSPS) is 24.8. The summed E-state index contributed by atoms with van der Waals surface area (Å²) in [4.78, 5) is 0. The first kappa shape index (κ1) is 9.31. The molecule has 0 aliphatic heterocycles. The highest BCUT2D eigenvalue weighted by Crippen LogP contribution is 2.28. The monoisotopic (exact) mass is 162 g/mol. The fourth-order valence-electron chi connectivity index (χ4n) is 1.81. The van der Waals surface area contributed by atoms with Gasteiger partial charge in [-0.25, -0.2) is 0 Å². The second kappa shape index (κ2) is 4.30. The molecule has 66 valence electrons. The van der Waals surface area contributed by atoms with Gasteiger partial charge in [0.2, 0.25) is 0 Å². The average Bonchev–Trinajstić information content (AvgIpc) is 2.05. The molecular weight excluding hydrogens is 144 g/mol. The quantitative estimate of drug-likeness (QED) is 0.546. The Labute approximate surface area is 75.7 Å². The van der Waals surface area contributed by atoms with Gasteiger partial charge >= 0.3 is 0 Å². The van der Waals surface area contributed by atoms with Crippen molar-refractivity contribution >= 4 is 0 Å². The molecule has 0 aromatic rings. The maximum absolute atomic E-state index is 2.35. The molecule has 1 aliphatic rings. The van der Waals surface area contributed by atoms with Gasteiger partial charge in [-0.05, 0) is 49.8 Å². The molecular formula is C12H18. The lowest BCUT2D eigenvalue weighted by Gasteiger charge is -2.17. The van der Waals surface area contributed by atoms with Gasteiger partial charge in [0.25, 0.3) is 0 Å². The Hall–Kier alpha value is -0.780. The minimum absolute atomic E-state index is 1.15. The van der Waals surface area contributed by atoms with E-state index in [4.69, 9.17) is 0 Å². The maximum Gasteiger partial charge on any atom is -0.0241 e. The molecule has 0 amide bonds. The van der Waals surface area contributed by atoms with Gasteiger partial charge in [0, 0.05) is 0 Å². The van der Waals surface area contributed by atoms with Crippen molar-refractivity contribution < 1.29 is 0 Å². The van der Waals surface area contributed by atoms with Crippen LogP contribution in [-0.2, 0) is 0 Å². The molecule has 0 unspecified atom stereocenters. The predicted molar refractivity (Wildman–Crippen MR) is 55.1 cm³/mol. The van der Waals surface area contributed by atoms with Crippen molar-refractivity contribution in [3.8, 4) is 0 Å². The Morgan fingerprint density at radius 3 is 2.83 bits per heavy atom. The van der Waals surface area contributed by atoms with Crippen LogP contribution < -0.4 is 0 Å². The molecule has 12 heavy (non-hydrogen) atoms. The lowest BCUT2D eigenvalue weighted by Crippen LogP contribution is -1.97. The summed E-state index contributed by atoms with van der Waals surface area (Å²) in [5.74, 6) is 0. The SMILES string of the molecule is C/C=C1/C(C)=CCC/C1=C/CC. The first-order valence-electron chi connectivity index (χ1n) is 4.82. The van der Waals surface area contributed by atoms with Gasteiger partial charge < -0.3 is 0 Å². The molecule has 0 N–H and O–H groups in total. The second-order valence-electron chi connectivity index (χ2n) is 3.27. The van der Waals surface area contributed by atoms with Gasteiger partial charge in [-0.2, -0.15) is 0 Å². The molecule has 1 rings (SSSR count). The molecule has 0 bridgehead atoms. The van der Waals surface area contributed by atoms with Crippen molar-refractivity contribution in [3.63, 3.8) is 0 Å². The van der Waals surface area contributed by atoms with Crippen LogP contribution in [0.25, 0.3) is 0 Å². The van der Waals surface area contributed by atoms with Crippen LogP contribution in [0.3, 0.4) is 0 Å². The minimum atomic E-state index is 1.15. The summed E-state index contributed by atoms with van der Waals surface area (Å²) in [6.07, 6.45) is 10.5. The third kappa shape index (κ3) is 1.88. The van der Waals surface area contributed by atoms with Crippen molar-refractivity contribution in [1.29, 1.82) is 0 Å². The summed E-state index contributed by atoms with van der Waals surface area (Å²) in [6, 6.07) is 0. The zero-order valence-electron chi connectivity index (χ0n) is 8.35. The van der Waals surface area contributed by atoms with E-state index in [1.165, 1.54) is 24.0 Å². The lowest BCUT2D eigenvalue weighted by molar-refractivity contribution is 0.929. The zero-order chi connectivity index (χ0) is 8.97. The zero-order valence-corrected chi connectivity index (χ0v) is 8.35. The van der Waals surface area contributed by atoms with Crippen LogP contribution >= 0.6 is 0 Å². The van der Waals surface area contributed by atoms with E-state index >= 15 is 0 Å². The smallest absolute Gasteiger partial charge is 0.0241 e. The van der Waals surface area contributed by atoms with E-state index in [1.807, 2.05) is 0 Å². The van der Waals surface area contributed by atoms with Gasteiger partial charge in [0.1, 0.15) is 0 Å². The van der Waals surface area contributed by atoms with Gasteiger partial charge in [-0.1, -0.05) is 25.2 Å². The largest absolute Gasteiger partial charge is 0.0810 e. The predicted octanol–water partition coefficient (Wildman–Crippen LogP) is 4.01. The van der Waals surface area contributed by atoms with Crippen LogP contribution in [0.15, 0.2) is 34.9 Å². The van der Waals surface area contributed by atoms with E-state index in [0.29, 0.717) is 0 Å². The molecule has 0 saturated carbocycles. The van der Waals surface area contributed by atoms with E-state index in [0.717, 1.165) is 6.42 Å². The minimum Gasteiger partial charge on any atom is -0.0810 e. The Morgan fingerprint density at radius 1 is 1.50 bits per heavy atom. The van der Waals surface area contributed by atoms with E-state index in [-0.39, 0.29) is 0 Å². The molecule has 0 atom stereocenters. The Morgan fingerprint density at radius 2 is 2.25 bits per heavy atom. The van der Waals surface area contributed by atoms with Gasteiger partial charge in [0.15, 0.2) is 0 Å². The molecule has 0 heteroatoms. The van der Waals surface area contributed by atoms with Crippen molar-refractivity contribution in [3.05, 3.63) is 34.9 Å². The highest BCUT2D eigenvalue weighted by atomic mass is 14.1. The Balaban J connectivity index is 2.93. The van der Waals surface area contributed by atoms with E-state index in [1.54, 1.807) is 5.57 Å². The lowest BCUT2D eigenvalue weighted by atomic mass is 9.89. The fourth-order valence-corrected chi connectivity index (χ4v) is 1.81. The highest BCUT2D eigenvalue weighted by Gasteiger charge is 2.09. The van der Waals surface area contributed by atoms with E-state index in [2.05, 4.69) is 39.0 Å². The Kier molecular flexibility index (Phi) is 3.33. The molecule has 0 radical (unpaired) electrons. The number of hydrogen-bond donors (Lipinski definition) is 0. The van der Waals surface area contributed by atoms with Crippen molar-refractivity contribution in [1.82, 2.24) is 0 Å². The average molecular weight is 162 g/mol. The maximum atomic E-state index is 2.35. The molecule has 0 heterocycles. The summed E-state index contributed by atoms with van der Waals surface area (Å²) >= 11 is 0. The van der Waals surface area contributed by atoms with Gasteiger partial charge in [0.05, 0.1) is 0 Å². The topological polar surface area (TPSA) is 0 Å². The third-order valence-corrected chi connectivity index (χ3v) is 2.37. The van der Waals surface area contributed by atoms with Gasteiger partial charge in [-0.15, -0.1) is 0 Å². The van der Waals surface area contributed by atoms with E-state index in [9.17, 15) is 0 Å². The summed E-state index contributed by atoms with van der Waals surface area (Å²) in [5.41, 5.74) is 4.45. The van der Waals surface area contributed by atoms with Crippen LogP contribution in [0.4, 0.5) is 0 Å². The van der Waals surface area contributed by atoms with Crippen molar-refractivity contribution in [2.24, 2.45) is 0 Å². The highest BCUT2D eigenvalue weighted by molar-refractivity contribution is 5.47. The summed E-state index contributed by atoms with van der Waals surface area (Å²) in [7, 11) is 0. The third-order valence-electron chi connectivity index (χ3n) is 2.37. The first-order valence-corrected chi connectivity index (χ1v) is 4.82. The molecule has 0 fully saturated rings. The van der Waals surface area contributed by atoms with Crippen molar-refractivity contribution in [2.45, 2.75) is 40.0 Å². The van der Waals surface area contributed by atoms with Crippen LogP contribution in [0.5, 0.6) is 0 Å². The molecule has 0 nitrogen and oxygen atoms in total. The van der Waals surface area contributed by atoms with Crippen molar-refractivity contribution in [2.75, 3.05) is 0 Å². The Bertz CT molecular complexity index is 239. The summed E-state index contributed by atoms with van der Waals surface area (Å²) in [5, 5.41) is 0. The van der Waals surface area contributed by atoms with Crippen LogP contribution in [-0.4, -0.2) is 0 Å². The molecule has 0 spiro atoms. The van der Waals surface area contributed by atoms with Crippen LogP contribution in [0, 0.1) is 0 Å². The summed E-state index contributed by atoms with van der Waals surface area (Å²) in [6.45, 7) is 6.54. The number of rotatable bonds is 1. The first-order chi connectivity index (χ1) is 5.79. The fraction of sp³-hybridized carbons (Fsp3) is 0.500. The molecule has 0 aromatic carbocycles.